The summed E-state index contributed by atoms with van der Waals surface area (Å²) in [5, 5.41) is 4.45. The fourth-order valence-electron chi connectivity index (χ4n) is 4.06. The van der Waals surface area contributed by atoms with Crippen LogP contribution >= 0.6 is 0 Å². The zero-order valence-electron chi connectivity index (χ0n) is 22.1. The van der Waals surface area contributed by atoms with Crippen LogP contribution in [0.15, 0.2) is 40.3 Å². The number of rotatable bonds is 2. The molecule has 5 rings (SSSR count). The maximum atomic E-state index is 14.3. The standard InChI is InChI=1S/C15H10F4N4O.C6H12.C5H4F3N3O/c1-23-3-2-6-4-7(10(16)11(17)9(6)15(23)24)14-21-5-8(12(18)19)13(20)22-14;1-2-4-6-5-3-1;6-5(7,8)3-2(9)1-10-11-4(3)12/h2-5,12H,1H3,(H2,20,21,22);1-6H2;1H,(H3,9,11,12). The Hall–Kier alpha value is -4.50. The summed E-state index contributed by atoms with van der Waals surface area (Å²) in [6.07, 6.45) is 4.26. The molecule has 1 aliphatic carbocycles. The van der Waals surface area contributed by atoms with Crippen molar-refractivity contribution in [3.8, 4) is 11.4 Å². The minimum absolute atomic E-state index is 0.132. The molecule has 0 bridgehead atoms. The van der Waals surface area contributed by atoms with Gasteiger partial charge in [0.2, 0.25) is 0 Å². The zero-order chi connectivity index (χ0) is 31.2. The van der Waals surface area contributed by atoms with E-state index in [1.54, 1.807) is 5.10 Å². The summed E-state index contributed by atoms with van der Waals surface area (Å²) in [6.45, 7) is 0. The molecule has 0 amide bonds. The van der Waals surface area contributed by atoms with Gasteiger partial charge < -0.3 is 16.0 Å². The number of halogens is 7. The lowest BCUT2D eigenvalue weighted by molar-refractivity contribution is -0.138. The van der Waals surface area contributed by atoms with Crippen LogP contribution in [0.25, 0.3) is 22.2 Å². The van der Waals surface area contributed by atoms with E-state index in [-0.39, 0.29) is 16.8 Å². The molecule has 0 radical (unpaired) electrons. The summed E-state index contributed by atoms with van der Waals surface area (Å²) in [4.78, 5) is 29.7. The molecule has 4 aromatic rings. The van der Waals surface area contributed by atoms with Gasteiger partial charge in [0.05, 0.1) is 28.4 Å². The van der Waals surface area contributed by atoms with E-state index in [0.717, 1.165) is 17.0 Å². The van der Waals surface area contributed by atoms with Gasteiger partial charge in [-0.15, -0.1) is 0 Å². The van der Waals surface area contributed by atoms with Gasteiger partial charge in [0.25, 0.3) is 17.5 Å². The first-order valence-electron chi connectivity index (χ1n) is 12.5. The molecule has 0 aliphatic heterocycles. The lowest BCUT2D eigenvalue weighted by atomic mass is 10.0. The fraction of sp³-hybridized carbons (Fsp3) is 0.346. The Morgan fingerprint density at radius 2 is 1.57 bits per heavy atom. The monoisotopic (exact) mass is 601 g/mol. The molecule has 1 aromatic carbocycles. The van der Waals surface area contributed by atoms with E-state index in [1.165, 1.54) is 63.9 Å². The number of benzene rings is 1. The topological polar surface area (TPSA) is 146 Å². The van der Waals surface area contributed by atoms with E-state index in [1.807, 2.05) is 0 Å². The summed E-state index contributed by atoms with van der Waals surface area (Å²) in [6, 6.07) is 2.59. The lowest BCUT2D eigenvalue weighted by Crippen LogP contribution is -2.24. The molecule has 42 heavy (non-hydrogen) atoms. The average molecular weight is 602 g/mol. The molecule has 9 nitrogen and oxygen atoms in total. The normalized spacial score (nSPS) is 13.3. The molecular weight excluding hydrogens is 575 g/mol. The van der Waals surface area contributed by atoms with Crippen molar-refractivity contribution in [1.82, 2.24) is 24.7 Å². The maximum absolute atomic E-state index is 14.3. The van der Waals surface area contributed by atoms with Gasteiger partial charge in [-0.1, -0.05) is 38.5 Å². The minimum Gasteiger partial charge on any atom is -0.397 e. The quantitative estimate of drug-likeness (QED) is 0.257. The van der Waals surface area contributed by atoms with Crippen molar-refractivity contribution in [2.45, 2.75) is 51.1 Å². The molecule has 226 valence electrons. The molecule has 5 N–H and O–H groups in total. The first-order chi connectivity index (χ1) is 19.7. The highest BCUT2D eigenvalue weighted by Gasteiger charge is 2.36. The number of nitrogens with two attached hydrogens (primary N) is 2. The van der Waals surface area contributed by atoms with E-state index >= 15 is 0 Å². The van der Waals surface area contributed by atoms with Crippen molar-refractivity contribution in [1.29, 1.82) is 0 Å². The fourth-order valence-corrected chi connectivity index (χ4v) is 4.06. The number of nitrogens with zero attached hydrogens (tertiary/aromatic N) is 4. The Kier molecular flexibility index (Phi) is 10.2. The molecule has 0 saturated heterocycles. The largest absolute Gasteiger partial charge is 0.423 e. The molecule has 3 heterocycles. The number of nitrogen functional groups attached to an aromatic ring is 2. The lowest BCUT2D eigenvalue weighted by Gasteiger charge is -2.09. The summed E-state index contributed by atoms with van der Waals surface area (Å²) in [5.74, 6) is -3.59. The SMILES string of the molecule is C1CCCCC1.Cn1ccc2cc(-c3ncc(C(F)F)c(N)n3)c(F)c(F)c2c1=O.Nc1cn[nH]c(=O)c1C(F)(F)F. The predicted octanol–water partition coefficient (Wildman–Crippen LogP) is 5.51. The third kappa shape index (κ3) is 7.41. The van der Waals surface area contributed by atoms with Gasteiger partial charge in [0.15, 0.2) is 17.5 Å². The van der Waals surface area contributed by atoms with E-state index in [9.17, 15) is 40.3 Å². The highest BCUT2D eigenvalue weighted by molar-refractivity contribution is 5.86. The minimum atomic E-state index is -4.74. The average Bonchev–Trinajstić information content (AvgIpc) is 2.93. The van der Waals surface area contributed by atoms with Crippen LogP contribution in [0.2, 0.25) is 0 Å². The van der Waals surface area contributed by atoms with Gasteiger partial charge in [-0.05, 0) is 17.5 Å². The highest BCUT2D eigenvalue weighted by Crippen LogP contribution is 2.31. The maximum Gasteiger partial charge on any atom is 0.423 e. The number of aryl methyl sites for hydroxylation is 1. The van der Waals surface area contributed by atoms with Gasteiger partial charge in [-0.25, -0.2) is 32.6 Å². The van der Waals surface area contributed by atoms with Crippen LogP contribution in [0.1, 0.15) is 56.1 Å². The van der Waals surface area contributed by atoms with Crippen LogP contribution < -0.4 is 22.6 Å². The third-order valence-corrected chi connectivity index (χ3v) is 6.24. The van der Waals surface area contributed by atoms with Crippen LogP contribution in [-0.2, 0) is 13.2 Å². The van der Waals surface area contributed by atoms with Crippen LogP contribution in [0, 0.1) is 11.6 Å². The number of alkyl halides is 5. The molecule has 16 heteroatoms. The van der Waals surface area contributed by atoms with Gasteiger partial charge in [0.1, 0.15) is 11.4 Å². The number of aromatic amines is 1. The highest BCUT2D eigenvalue weighted by atomic mass is 19.4. The van der Waals surface area contributed by atoms with E-state index in [4.69, 9.17) is 11.5 Å². The van der Waals surface area contributed by atoms with Gasteiger partial charge in [-0.2, -0.15) is 18.3 Å². The summed E-state index contributed by atoms with van der Waals surface area (Å²) >= 11 is 0. The Balaban J connectivity index is 0.000000221. The Morgan fingerprint density at radius 1 is 0.976 bits per heavy atom. The van der Waals surface area contributed by atoms with Crippen molar-refractivity contribution in [3.63, 3.8) is 0 Å². The molecule has 0 atom stereocenters. The van der Waals surface area contributed by atoms with Crippen molar-refractivity contribution >= 4 is 22.3 Å². The number of hydrogen-bond donors (Lipinski definition) is 3. The number of hydrogen-bond acceptors (Lipinski definition) is 7. The van der Waals surface area contributed by atoms with Crippen molar-refractivity contribution in [2.75, 3.05) is 11.5 Å². The second kappa shape index (κ2) is 13.4. The second-order valence-corrected chi connectivity index (χ2v) is 9.23. The van der Waals surface area contributed by atoms with Crippen LogP contribution in [0.4, 0.5) is 42.2 Å². The van der Waals surface area contributed by atoms with Gasteiger partial charge in [-0.3, -0.25) is 9.59 Å². The smallest absolute Gasteiger partial charge is 0.397 e. The Bertz CT molecular complexity index is 1650. The van der Waals surface area contributed by atoms with Gasteiger partial charge >= 0.3 is 6.18 Å². The molecule has 0 spiro atoms. The van der Waals surface area contributed by atoms with Crippen LogP contribution in [0.3, 0.4) is 0 Å². The molecule has 1 saturated carbocycles. The first kappa shape index (κ1) is 32.0. The number of pyridine rings is 1. The number of aromatic nitrogens is 5. The summed E-state index contributed by atoms with van der Waals surface area (Å²) < 4.78 is 91.0. The van der Waals surface area contributed by atoms with E-state index in [2.05, 4.69) is 15.1 Å². The molecular formula is C26H26F7N7O2. The van der Waals surface area contributed by atoms with Crippen LogP contribution in [-0.4, -0.2) is 24.7 Å². The zero-order valence-corrected chi connectivity index (χ0v) is 22.1. The second-order valence-electron chi connectivity index (χ2n) is 9.23. The summed E-state index contributed by atoms with van der Waals surface area (Å²) in [7, 11) is 1.40. The molecule has 1 fully saturated rings. The number of H-pyrrole nitrogens is 1. The molecule has 3 aromatic heterocycles. The van der Waals surface area contributed by atoms with Crippen LogP contribution in [0.5, 0.6) is 0 Å². The first-order valence-corrected chi connectivity index (χ1v) is 12.5. The predicted molar refractivity (Wildman–Crippen MR) is 141 cm³/mol. The van der Waals surface area contributed by atoms with Crippen molar-refractivity contribution in [2.24, 2.45) is 7.05 Å². The van der Waals surface area contributed by atoms with Gasteiger partial charge in [0, 0.05) is 19.4 Å². The number of nitrogens with one attached hydrogen (secondary N) is 1. The van der Waals surface area contributed by atoms with Crippen molar-refractivity contribution < 1.29 is 30.7 Å². The third-order valence-electron chi connectivity index (χ3n) is 6.24. The number of fused-ring (bicyclic) bond motifs is 1. The molecule has 1 aliphatic rings. The Labute approximate surface area is 233 Å². The Morgan fingerprint density at radius 3 is 2.05 bits per heavy atom. The van der Waals surface area contributed by atoms with E-state index in [0.29, 0.717) is 0 Å². The van der Waals surface area contributed by atoms with Crippen molar-refractivity contribution in [3.05, 3.63) is 74.2 Å². The number of anilines is 2. The van der Waals surface area contributed by atoms with E-state index < -0.39 is 63.4 Å². The molecule has 0 unspecified atom stereocenters. The summed E-state index contributed by atoms with van der Waals surface area (Å²) in [5.41, 5.74) is 5.22.